The third-order valence-corrected chi connectivity index (χ3v) is 6.96. The summed E-state index contributed by atoms with van der Waals surface area (Å²) in [5.74, 6) is -1.14. The van der Waals surface area contributed by atoms with Crippen molar-refractivity contribution in [1.82, 2.24) is 4.72 Å². The normalized spacial score (nSPS) is 13.7. The number of nitrogens with one attached hydrogen (secondary N) is 1. The van der Waals surface area contributed by atoms with Crippen molar-refractivity contribution in [2.75, 3.05) is 0 Å². The molecule has 0 aliphatic carbocycles. The highest BCUT2D eigenvalue weighted by molar-refractivity contribution is 7.89. The van der Waals surface area contributed by atoms with Crippen molar-refractivity contribution < 1.29 is 23.1 Å². The number of aryl methyl sites for hydroxylation is 1. The van der Waals surface area contributed by atoms with E-state index in [0.717, 1.165) is 10.8 Å². The molecule has 7 heteroatoms. The summed E-state index contributed by atoms with van der Waals surface area (Å²) in [5.41, 5.74) is 0.695. The number of hydrogen-bond donors (Lipinski definition) is 2. The third-order valence-electron chi connectivity index (χ3n) is 5.14. The summed E-state index contributed by atoms with van der Waals surface area (Å²) in [7, 11) is -3.91. The lowest BCUT2D eigenvalue weighted by molar-refractivity contribution is -0.160. The zero-order chi connectivity index (χ0) is 25.5. The lowest BCUT2D eigenvalue weighted by Gasteiger charge is -2.29. The Kier molecular flexibility index (Phi) is 6.95. The second-order valence-corrected chi connectivity index (χ2v) is 12.2. The molecule has 0 amide bonds. The lowest BCUT2D eigenvalue weighted by Crippen LogP contribution is -2.40. The van der Waals surface area contributed by atoms with Gasteiger partial charge in [-0.05, 0) is 76.4 Å². The molecule has 0 aromatic heterocycles. The van der Waals surface area contributed by atoms with Gasteiger partial charge in [0.05, 0.1) is 10.5 Å². The Morgan fingerprint density at radius 1 is 0.971 bits per heavy atom. The van der Waals surface area contributed by atoms with E-state index in [-0.39, 0.29) is 4.90 Å². The molecular formula is C27H33NO5S. The fourth-order valence-electron chi connectivity index (χ4n) is 4.08. The summed E-state index contributed by atoms with van der Waals surface area (Å²) in [6.45, 7) is 12.5. The van der Waals surface area contributed by atoms with E-state index >= 15 is 0 Å². The molecule has 3 aromatic rings. The van der Waals surface area contributed by atoms with Crippen molar-refractivity contribution >= 4 is 26.8 Å². The molecule has 0 saturated carbocycles. The van der Waals surface area contributed by atoms with Crippen LogP contribution < -0.4 is 4.72 Å². The molecule has 3 rings (SSSR count). The maximum absolute atomic E-state index is 13.4. The van der Waals surface area contributed by atoms with E-state index < -0.39 is 33.2 Å². The average Bonchev–Trinajstić information content (AvgIpc) is 2.68. The first kappa shape index (κ1) is 25.9. The maximum Gasteiger partial charge on any atom is 0.337 e. The highest BCUT2D eigenvalue weighted by Crippen LogP contribution is 2.42. The SMILES string of the molecule is Cc1cc2ccccc2c(-c2ccccc2S(=O)(=O)NC(C)(C)C)c1[C@H](OC(C)(C)C)C(=O)O. The van der Waals surface area contributed by atoms with Crippen LogP contribution in [0.15, 0.2) is 59.5 Å². The van der Waals surface area contributed by atoms with Crippen LogP contribution in [0.25, 0.3) is 21.9 Å². The predicted octanol–water partition coefficient (Wildman–Crippen LogP) is 5.83. The van der Waals surface area contributed by atoms with Crippen LogP contribution in [0.4, 0.5) is 0 Å². The molecule has 0 unspecified atom stereocenters. The summed E-state index contributed by atoms with van der Waals surface area (Å²) in [6.07, 6.45) is -1.29. The van der Waals surface area contributed by atoms with E-state index in [9.17, 15) is 18.3 Å². The largest absolute Gasteiger partial charge is 0.479 e. The molecule has 6 nitrogen and oxygen atoms in total. The zero-order valence-corrected chi connectivity index (χ0v) is 21.6. The van der Waals surface area contributed by atoms with Gasteiger partial charge in [0.1, 0.15) is 0 Å². The fraction of sp³-hybridized carbons (Fsp3) is 0.370. The molecular weight excluding hydrogens is 450 g/mol. The molecule has 0 bridgehead atoms. The minimum absolute atomic E-state index is 0.0850. The number of rotatable bonds is 6. The summed E-state index contributed by atoms with van der Waals surface area (Å²) in [6, 6.07) is 16.2. The molecule has 0 heterocycles. The minimum atomic E-state index is -3.91. The first-order chi connectivity index (χ1) is 15.6. The Hall–Kier alpha value is -2.74. The van der Waals surface area contributed by atoms with Gasteiger partial charge in [-0.1, -0.05) is 48.5 Å². The number of carbonyl (C=O) groups is 1. The quantitative estimate of drug-likeness (QED) is 0.460. The Balaban J connectivity index is 2.45. The van der Waals surface area contributed by atoms with Crippen LogP contribution in [0, 0.1) is 6.92 Å². The van der Waals surface area contributed by atoms with Gasteiger partial charge in [0.2, 0.25) is 10.0 Å². The monoisotopic (exact) mass is 483 g/mol. The van der Waals surface area contributed by atoms with Gasteiger partial charge in [-0.2, -0.15) is 0 Å². The van der Waals surface area contributed by atoms with Crippen LogP contribution in [0.5, 0.6) is 0 Å². The Bertz CT molecular complexity index is 1330. The number of hydrogen-bond acceptors (Lipinski definition) is 4. The van der Waals surface area contributed by atoms with Crippen LogP contribution in [0.1, 0.15) is 58.8 Å². The highest BCUT2D eigenvalue weighted by Gasteiger charge is 2.33. The van der Waals surface area contributed by atoms with E-state index in [4.69, 9.17) is 4.74 Å². The van der Waals surface area contributed by atoms with E-state index in [1.165, 1.54) is 0 Å². The fourth-order valence-corrected chi connectivity index (χ4v) is 5.72. The molecule has 1 atom stereocenters. The molecule has 182 valence electrons. The highest BCUT2D eigenvalue weighted by atomic mass is 32.2. The van der Waals surface area contributed by atoms with Crippen molar-refractivity contribution in [3.05, 3.63) is 65.7 Å². The molecule has 3 aromatic carbocycles. The molecule has 0 aliphatic heterocycles. The molecule has 0 radical (unpaired) electrons. The van der Waals surface area contributed by atoms with Crippen LogP contribution in [-0.4, -0.2) is 30.6 Å². The van der Waals surface area contributed by atoms with E-state index in [1.807, 2.05) is 37.3 Å². The second-order valence-electron chi connectivity index (χ2n) is 10.5. The third kappa shape index (κ3) is 5.66. The van der Waals surface area contributed by atoms with E-state index in [1.54, 1.807) is 65.8 Å². The van der Waals surface area contributed by atoms with Crippen molar-refractivity contribution in [1.29, 1.82) is 0 Å². The van der Waals surface area contributed by atoms with Crippen LogP contribution in [0.3, 0.4) is 0 Å². The number of aliphatic carboxylic acids is 1. The van der Waals surface area contributed by atoms with Crippen molar-refractivity contribution in [3.63, 3.8) is 0 Å². The minimum Gasteiger partial charge on any atom is -0.479 e. The number of carboxylic acids is 1. The molecule has 0 aliphatic rings. The van der Waals surface area contributed by atoms with Crippen molar-refractivity contribution in [2.45, 2.75) is 70.6 Å². The van der Waals surface area contributed by atoms with Gasteiger partial charge >= 0.3 is 5.97 Å². The van der Waals surface area contributed by atoms with Gasteiger partial charge in [-0.15, -0.1) is 0 Å². The van der Waals surface area contributed by atoms with Gasteiger partial charge in [0, 0.05) is 16.7 Å². The smallest absolute Gasteiger partial charge is 0.337 e. The van der Waals surface area contributed by atoms with Gasteiger partial charge in [0.15, 0.2) is 6.10 Å². The molecule has 0 fully saturated rings. The van der Waals surface area contributed by atoms with Gasteiger partial charge in [-0.3, -0.25) is 0 Å². The maximum atomic E-state index is 13.4. The molecule has 2 N–H and O–H groups in total. The first-order valence-electron chi connectivity index (χ1n) is 11.2. The second kappa shape index (κ2) is 9.13. The Labute approximate surface area is 202 Å². The van der Waals surface area contributed by atoms with Crippen molar-refractivity contribution in [2.24, 2.45) is 0 Å². The lowest BCUT2D eigenvalue weighted by atomic mass is 9.87. The molecule has 0 spiro atoms. The average molecular weight is 484 g/mol. The van der Waals surface area contributed by atoms with Gasteiger partial charge in [0.25, 0.3) is 0 Å². The molecule has 34 heavy (non-hydrogen) atoms. The van der Waals surface area contributed by atoms with Crippen LogP contribution >= 0.6 is 0 Å². The summed E-state index contributed by atoms with van der Waals surface area (Å²) >= 11 is 0. The van der Waals surface area contributed by atoms with E-state index in [0.29, 0.717) is 22.3 Å². The summed E-state index contributed by atoms with van der Waals surface area (Å²) in [4.78, 5) is 12.5. The molecule has 0 saturated heterocycles. The number of sulfonamides is 1. The number of fused-ring (bicyclic) bond motifs is 1. The van der Waals surface area contributed by atoms with Crippen molar-refractivity contribution in [3.8, 4) is 11.1 Å². The standard InChI is InChI=1S/C27H33NO5S/c1-17-16-18-12-8-9-13-19(18)23(22(17)24(25(29)30)33-27(5,6)7)20-14-10-11-15-21(20)34(31,32)28-26(2,3)4/h8-16,24,28H,1-7H3,(H,29,30)/t24-/m0/s1. The zero-order valence-electron chi connectivity index (χ0n) is 20.8. The summed E-state index contributed by atoms with van der Waals surface area (Å²) in [5, 5.41) is 11.8. The number of benzene rings is 3. The van der Waals surface area contributed by atoms with Crippen LogP contribution in [-0.2, 0) is 19.6 Å². The predicted molar refractivity (Wildman–Crippen MR) is 135 cm³/mol. The number of carboxylic acid groups (broad SMARTS) is 1. The summed E-state index contributed by atoms with van der Waals surface area (Å²) < 4.78 is 35.6. The first-order valence-corrected chi connectivity index (χ1v) is 12.7. The Morgan fingerprint density at radius 2 is 1.56 bits per heavy atom. The van der Waals surface area contributed by atoms with Crippen LogP contribution in [0.2, 0.25) is 0 Å². The Morgan fingerprint density at radius 3 is 2.15 bits per heavy atom. The topological polar surface area (TPSA) is 92.7 Å². The number of ether oxygens (including phenoxy) is 1. The van der Waals surface area contributed by atoms with Gasteiger partial charge < -0.3 is 9.84 Å². The van der Waals surface area contributed by atoms with Gasteiger partial charge in [-0.25, -0.2) is 17.9 Å². The van der Waals surface area contributed by atoms with E-state index in [2.05, 4.69) is 4.72 Å².